The monoisotopic (exact) mass is 234 g/mol. The first-order chi connectivity index (χ1) is 8.13. The molecule has 0 aliphatic heterocycles. The summed E-state index contributed by atoms with van der Waals surface area (Å²) in [7, 11) is 1.53. The fraction of sp³-hybridized carbons (Fsp3) is 0.167. The number of carboxylic acids is 1. The summed E-state index contributed by atoms with van der Waals surface area (Å²) < 4.78 is 5.09. The van der Waals surface area contributed by atoms with Crippen LogP contribution in [0.4, 0.5) is 0 Å². The van der Waals surface area contributed by atoms with Crippen molar-refractivity contribution in [2.45, 2.75) is 0 Å². The highest BCUT2D eigenvalue weighted by Gasteiger charge is 1.98. The van der Waals surface area contributed by atoms with E-state index in [4.69, 9.17) is 4.74 Å². The van der Waals surface area contributed by atoms with Crippen molar-refractivity contribution >= 4 is 18.0 Å². The van der Waals surface area contributed by atoms with Gasteiger partial charge in [-0.05, 0) is 12.1 Å². The first-order valence-corrected chi connectivity index (χ1v) is 4.92. The highest BCUT2D eigenvalue weighted by molar-refractivity contribution is 5.93. The number of hydrogen-bond donors (Lipinski definition) is 1. The van der Waals surface area contributed by atoms with Crippen molar-refractivity contribution in [2.75, 3.05) is 13.7 Å². The van der Waals surface area contributed by atoms with Gasteiger partial charge < -0.3 is 20.0 Å². The molecule has 1 aromatic rings. The van der Waals surface area contributed by atoms with E-state index < -0.39 is 18.4 Å². The molecule has 0 aliphatic carbocycles. The summed E-state index contributed by atoms with van der Waals surface area (Å²) in [6, 6.07) is 7.16. The van der Waals surface area contributed by atoms with Crippen LogP contribution >= 0.6 is 0 Å². The maximum atomic E-state index is 11.2. The summed E-state index contributed by atoms with van der Waals surface area (Å²) >= 11 is 0. The van der Waals surface area contributed by atoms with Crippen molar-refractivity contribution in [2.24, 2.45) is 0 Å². The number of carboxylic acid groups (broad SMARTS) is 1. The highest BCUT2D eigenvalue weighted by Crippen LogP contribution is 2.18. The molecule has 0 aromatic heterocycles. The van der Waals surface area contributed by atoms with Crippen LogP contribution in [-0.4, -0.2) is 25.5 Å². The minimum atomic E-state index is -1.33. The van der Waals surface area contributed by atoms with E-state index in [9.17, 15) is 14.7 Å². The Balaban J connectivity index is 2.63. The molecular weight excluding hydrogens is 222 g/mol. The SMILES string of the molecule is COc1ccccc1C=CC(=O)NCC(=O)[O-]. The number of carbonyl (C=O) groups is 2. The van der Waals surface area contributed by atoms with Gasteiger partial charge >= 0.3 is 0 Å². The molecule has 0 unspecified atom stereocenters. The summed E-state index contributed by atoms with van der Waals surface area (Å²) in [5.41, 5.74) is 0.735. The van der Waals surface area contributed by atoms with Gasteiger partial charge in [0.25, 0.3) is 0 Å². The van der Waals surface area contributed by atoms with Gasteiger partial charge in [-0.1, -0.05) is 18.2 Å². The summed E-state index contributed by atoms with van der Waals surface area (Å²) in [5, 5.41) is 12.3. The van der Waals surface area contributed by atoms with Crippen LogP contribution in [0.3, 0.4) is 0 Å². The van der Waals surface area contributed by atoms with Crippen LogP contribution in [0.15, 0.2) is 30.3 Å². The number of carbonyl (C=O) groups excluding carboxylic acids is 2. The van der Waals surface area contributed by atoms with Crippen LogP contribution in [0.25, 0.3) is 6.08 Å². The molecular formula is C12H12NO4-. The number of amides is 1. The molecule has 0 heterocycles. The molecule has 0 saturated carbocycles. The number of ether oxygens (including phenoxy) is 1. The molecule has 1 amide bonds. The number of nitrogens with one attached hydrogen (secondary N) is 1. The van der Waals surface area contributed by atoms with Crippen LogP contribution < -0.4 is 15.2 Å². The molecule has 0 radical (unpaired) electrons. The summed E-state index contributed by atoms with van der Waals surface area (Å²) in [6.45, 7) is -0.505. The fourth-order valence-electron chi connectivity index (χ4n) is 1.19. The average molecular weight is 234 g/mol. The summed E-state index contributed by atoms with van der Waals surface area (Å²) in [5.74, 6) is -1.19. The van der Waals surface area contributed by atoms with E-state index >= 15 is 0 Å². The lowest BCUT2D eigenvalue weighted by molar-refractivity contribution is -0.303. The van der Waals surface area contributed by atoms with Crippen molar-refractivity contribution in [3.05, 3.63) is 35.9 Å². The van der Waals surface area contributed by atoms with Crippen molar-refractivity contribution < 1.29 is 19.4 Å². The van der Waals surface area contributed by atoms with E-state index in [1.165, 1.54) is 13.2 Å². The molecule has 0 spiro atoms. The predicted octanol–water partition coefficient (Wildman–Crippen LogP) is -0.426. The molecule has 0 atom stereocenters. The lowest BCUT2D eigenvalue weighted by Crippen LogP contribution is -2.36. The molecule has 1 rings (SSSR count). The third-order valence-electron chi connectivity index (χ3n) is 1.96. The maximum Gasteiger partial charge on any atom is 0.244 e. The Bertz CT molecular complexity index is 440. The van der Waals surface area contributed by atoms with Crippen molar-refractivity contribution in [3.63, 3.8) is 0 Å². The fourth-order valence-corrected chi connectivity index (χ4v) is 1.19. The van der Waals surface area contributed by atoms with Gasteiger partial charge in [0.2, 0.25) is 5.91 Å². The van der Waals surface area contributed by atoms with Gasteiger partial charge in [-0.15, -0.1) is 0 Å². The van der Waals surface area contributed by atoms with E-state index in [1.807, 2.05) is 6.07 Å². The topological polar surface area (TPSA) is 78.5 Å². The Morgan fingerprint density at radius 3 is 2.76 bits per heavy atom. The zero-order chi connectivity index (χ0) is 12.7. The standard InChI is InChI=1S/C12H13NO4/c1-17-10-5-3-2-4-9(10)6-7-11(14)13-8-12(15)16/h2-7H,8H2,1H3,(H,13,14)(H,15,16)/p-1. The van der Waals surface area contributed by atoms with Gasteiger partial charge in [-0.3, -0.25) is 4.79 Å². The predicted molar refractivity (Wildman–Crippen MR) is 60.0 cm³/mol. The zero-order valence-electron chi connectivity index (χ0n) is 9.30. The molecule has 1 aromatic carbocycles. The maximum absolute atomic E-state index is 11.2. The average Bonchev–Trinajstić information content (AvgIpc) is 2.34. The third-order valence-corrected chi connectivity index (χ3v) is 1.96. The Hall–Kier alpha value is -2.30. The van der Waals surface area contributed by atoms with Crippen molar-refractivity contribution in [1.82, 2.24) is 5.32 Å². The zero-order valence-corrected chi connectivity index (χ0v) is 9.30. The molecule has 90 valence electrons. The number of hydrogen-bond acceptors (Lipinski definition) is 4. The van der Waals surface area contributed by atoms with Crippen LogP contribution in [0.5, 0.6) is 5.75 Å². The minimum absolute atomic E-state index is 0.500. The van der Waals surface area contributed by atoms with Gasteiger partial charge in [0, 0.05) is 11.6 Å². The quantitative estimate of drug-likeness (QED) is 0.701. The van der Waals surface area contributed by atoms with Crippen molar-refractivity contribution in [1.29, 1.82) is 0 Å². The van der Waals surface area contributed by atoms with E-state index in [2.05, 4.69) is 5.32 Å². The number of rotatable bonds is 5. The smallest absolute Gasteiger partial charge is 0.244 e. The van der Waals surface area contributed by atoms with Gasteiger partial charge in [-0.2, -0.15) is 0 Å². The molecule has 0 saturated heterocycles. The van der Waals surface area contributed by atoms with Crippen LogP contribution in [0.1, 0.15) is 5.56 Å². The van der Waals surface area contributed by atoms with Gasteiger partial charge in [0.1, 0.15) is 5.75 Å². The highest BCUT2D eigenvalue weighted by atomic mass is 16.5. The second-order valence-electron chi connectivity index (χ2n) is 3.17. The third kappa shape index (κ3) is 4.38. The van der Waals surface area contributed by atoms with E-state index in [0.29, 0.717) is 5.75 Å². The molecule has 17 heavy (non-hydrogen) atoms. The molecule has 5 heteroatoms. The van der Waals surface area contributed by atoms with Crippen LogP contribution in [0.2, 0.25) is 0 Å². The van der Waals surface area contributed by atoms with E-state index in [0.717, 1.165) is 5.56 Å². The number of aliphatic carboxylic acids is 1. The first kappa shape index (κ1) is 12.8. The lowest BCUT2D eigenvalue weighted by Gasteiger charge is -2.04. The molecule has 1 N–H and O–H groups in total. The number of para-hydroxylation sites is 1. The van der Waals surface area contributed by atoms with E-state index in [-0.39, 0.29) is 0 Å². The normalized spacial score (nSPS) is 10.2. The molecule has 0 fully saturated rings. The second kappa shape index (κ2) is 6.32. The Morgan fingerprint density at radius 2 is 2.12 bits per heavy atom. The lowest BCUT2D eigenvalue weighted by atomic mass is 10.2. The number of methoxy groups -OCH3 is 1. The van der Waals surface area contributed by atoms with Gasteiger partial charge in [0.05, 0.1) is 19.6 Å². The van der Waals surface area contributed by atoms with Crippen molar-refractivity contribution in [3.8, 4) is 5.75 Å². The first-order valence-electron chi connectivity index (χ1n) is 4.92. The number of benzene rings is 1. The van der Waals surface area contributed by atoms with Gasteiger partial charge in [-0.25, -0.2) is 0 Å². The molecule has 5 nitrogen and oxygen atoms in total. The molecule has 0 aliphatic rings. The van der Waals surface area contributed by atoms with Crippen LogP contribution in [0, 0.1) is 0 Å². The second-order valence-corrected chi connectivity index (χ2v) is 3.17. The molecule has 0 bridgehead atoms. The van der Waals surface area contributed by atoms with Gasteiger partial charge in [0.15, 0.2) is 0 Å². The van der Waals surface area contributed by atoms with Crippen LogP contribution in [-0.2, 0) is 9.59 Å². The Labute approximate surface area is 98.7 Å². The Kier molecular flexibility index (Phi) is 4.75. The van der Waals surface area contributed by atoms with E-state index in [1.54, 1.807) is 24.3 Å². The minimum Gasteiger partial charge on any atom is -0.548 e. The summed E-state index contributed by atoms with van der Waals surface area (Å²) in [4.78, 5) is 21.3. The largest absolute Gasteiger partial charge is 0.548 e. The summed E-state index contributed by atoms with van der Waals surface area (Å²) in [6.07, 6.45) is 2.78. The Morgan fingerprint density at radius 1 is 1.41 bits per heavy atom.